The highest BCUT2D eigenvalue weighted by atomic mass is 79.9. The van der Waals surface area contributed by atoms with Crippen LogP contribution in [0.1, 0.15) is 30.5 Å². The van der Waals surface area contributed by atoms with Gasteiger partial charge in [0, 0.05) is 17.1 Å². The molecular weight excluding hydrogens is 336 g/mol. The number of hydroxylamine groups is 1. The molecule has 112 valence electrons. The van der Waals surface area contributed by atoms with E-state index in [0.717, 1.165) is 28.6 Å². The lowest BCUT2D eigenvalue weighted by Crippen LogP contribution is -2.17. The lowest BCUT2D eigenvalue weighted by Gasteiger charge is -2.03. The molecule has 2 N–H and O–H groups in total. The van der Waals surface area contributed by atoms with E-state index < -0.39 is 0 Å². The number of benzene rings is 1. The Morgan fingerprint density at radius 1 is 1.33 bits per heavy atom. The molecule has 2 aromatic rings. The first kappa shape index (κ1) is 15.7. The fourth-order valence-corrected chi connectivity index (χ4v) is 2.39. The maximum Gasteiger partial charge on any atom is 0.243 e. The van der Waals surface area contributed by atoms with Crippen molar-refractivity contribution in [1.29, 1.82) is 0 Å². The summed E-state index contributed by atoms with van der Waals surface area (Å²) in [5.74, 6) is -0.354. The Bertz CT molecular complexity index is 600. The van der Waals surface area contributed by atoms with Crippen molar-refractivity contribution >= 4 is 21.8 Å². The van der Waals surface area contributed by atoms with E-state index in [1.165, 1.54) is 0 Å². The van der Waals surface area contributed by atoms with Gasteiger partial charge in [-0.3, -0.25) is 10.0 Å². The Morgan fingerprint density at radius 3 is 2.90 bits per heavy atom. The van der Waals surface area contributed by atoms with Crippen LogP contribution >= 0.6 is 15.9 Å². The van der Waals surface area contributed by atoms with Gasteiger partial charge < -0.3 is 0 Å². The number of unbranched alkanes of at least 4 members (excludes halogenated alkanes) is 1. The molecule has 6 nitrogen and oxygen atoms in total. The number of rotatable bonds is 7. The van der Waals surface area contributed by atoms with Crippen molar-refractivity contribution in [1.82, 2.24) is 20.5 Å². The lowest BCUT2D eigenvalue weighted by atomic mass is 10.1. The minimum absolute atomic E-state index is 0.321. The first-order chi connectivity index (χ1) is 10.2. The monoisotopic (exact) mass is 352 g/mol. The number of nitrogens with one attached hydrogen (secondary N) is 1. The van der Waals surface area contributed by atoms with Gasteiger partial charge in [-0.25, -0.2) is 10.2 Å². The van der Waals surface area contributed by atoms with Crippen LogP contribution in [-0.4, -0.2) is 26.1 Å². The van der Waals surface area contributed by atoms with Gasteiger partial charge in [0.2, 0.25) is 5.91 Å². The van der Waals surface area contributed by atoms with Gasteiger partial charge in [0.1, 0.15) is 0 Å². The third-order valence-electron chi connectivity index (χ3n) is 3.09. The van der Waals surface area contributed by atoms with Gasteiger partial charge in [0.15, 0.2) is 0 Å². The minimum atomic E-state index is -0.354. The summed E-state index contributed by atoms with van der Waals surface area (Å²) in [5.41, 5.74) is 3.68. The van der Waals surface area contributed by atoms with Crippen LogP contribution in [0, 0.1) is 0 Å². The zero-order valence-electron chi connectivity index (χ0n) is 11.5. The lowest BCUT2D eigenvalue weighted by molar-refractivity contribution is -0.129. The van der Waals surface area contributed by atoms with Gasteiger partial charge in [0.25, 0.3) is 0 Å². The molecule has 0 fully saturated rings. The van der Waals surface area contributed by atoms with Crippen molar-refractivity contribution in [3.8, 4) is 0 Å². The van der Waals surface area contributed by atoms with Crippen LogP contribution in [0.25, 0.3) is 0 Å². The molecule has 0 bridgehead atoms. The van der Waals surface area contributed by atoms with Gasteiger partial charge in [-0.2, -0.15) is 0 Å². The molecule has 0 unspecified atom stereocenters. The molecule has 0 saturated heterocycles. The highest BCUT2D eigenvalue weighted by molar-refractivity contribution is 9.10. The number of carbonyl (C=O) groups excluding carboxylic acids is 1. The van der Waals surface area contributed by atoms with Crippen LogP contribution in [0.3, 0.4) is 0 Å². The SMILES string of the molecule is O=C(CCCCc1cn(Cc2ccccc2Br)nn1)NO. The number of hydrogen-bond acceptors (Lipinski definition) is 4. The summed E-state index contributed by atoms with van der Waals surface area (Å²) >= 11 is 3.51. The quantitative estimate of drug-likeness (QED) is 0.455. The topological polar surface area (TPSA) is 80.0 Å². The number of hydrogen-bond donors (Lipinski definition) is 2. The van der Waals surface area contributed by atoms with Crippen LogP contribution in [0.15, 0.2) is 34.9 Å². The Kier molecular flexibility index (Phi) is 5.89. The summed E-state index contributed by atoms with van der Waals surface area (Å²) in [4.78, 5) is 10.9. The molecule has 0 saturated carbocycles. The van der Waals surface area contributed by atoms with Gasteiger partial charge in [-0.15, -0.1) is 5.10 Å². The molecule has 0 spiro atoms. The molecule has 0 atom stereocenters. The van der Waals surface area contributed by atoms with Crippen molar-refractivity contribution < 1.29 is 10.0 Å². The molecule has 0 radical (unpaired) electrons. The van der Waals surface area contributed by atoms with Crippen molar-refractivity contribution in [3.05, 3.63) is 46.2 Å². The largest absolute Gasteiger partial charge is 0.289 e. The maximum atomic E-state index is 10.9. The predicted molar refractivity (Wildman–Crippen MR) is 80.8 cm³/mol. The Labute approximate surface area is 131 Å². The maximum absolute atomic E-state index is 10.9. The summed E-state index contributed by atoms with van der Waals surface area (Å²) in [6.07, 6.45) is 4.56. The van der Waals surface area contributed by atoms with E-state index in [2.05, 4.69) is 26.2 Å². The van der Waals surface area contributed by atoms with Crippen molar-refractivity contribution in [2.75, 3.05) is 0 Å². The third-order valence-corrected chi connectivity index (χ3v) is 3.86. The fourth-order valence-electron chi connectivity index (χ4n) is 1.98. The van der Waals surface area contributed by atoms with E-state index in [1.54, 1.807) is 10.2 Å². The number of halogens is 1. The predicted octanol–water partition coefficient (Wildman–Crippen LogP) is 2.31. The van der Waals surface area contributed by atoms with E-state index in [1.807, 2.05) is 30.5 Å². The van der Waals surface area contributed by atoms with Crippen molar-refractivity contribution in [2.45, 2.75) is 32.2 Å². The minimum Gasteiger partial charge on any atom is -0.289 e. The number of carbonyl (C=O) groups is 1. The molecule has 1 aromatic carbocycles. The highest BCUT2D eigenvalue weighted by Crippen LogP contribution is 2.16. The third kappa shape index (κ3) is 4.95. The second kappa shape index (κ2) is 7.90. The zero-order chi connectivity index (χ0) is 15.1. The van der Waals surface area contributed by atoms with E-state index in [-0.39, 0.29) is 5.91 Å². The molecule has 21 heavy (non-hydrogen) atoms. The average Bonchev–Trinajstić information content (AvgIpc) is 2.93. The number of aromatic nitrogens is 3. The molecule has 1 aromatic heterocycles. The smallest absolute Gasteiger partial charge is 0.243 e. The number of amides is 1. The Morgan fingerprint density at radius 2 is 2.14 bits per heavy atom. The molecular formula is C14H17BrN4O2. The molecule has 0 aliphatic heterocycles. The van der Waals surface area contributed by atoms with E-state index in [9.17, 15) is 4.79 Å². The summed E-state index contributed by atoms with van der Waals surface area (Å²) in [6, 6.07) is 8.01. The van der Waals surface area contributed by atoms with Crippen molar-refractivity contribution in [2.24, 2.45) is 0 Å². The van der Waals surface area contributed by atoms with E-state index in [0.29, 0.717) is 19.4 Å². The molecule has 0 aliphatic rings. The van der Waals surface area contributed by atoms with Gasteiger partial charge in [-0.05, 0) is 30.9 Å². The Balaban J connectivity index is 1.82. The first-order valence-corrected chi connectivity index (χ1v) is 7.53. The first-order valence-electron chi connectivity index (χ1n) is 6.74. The van der Waals surface area contributed by atoms with Crippen LogP contribution in [0.2, 0.25) is 0 Å². The fraction of sp³-hybridized carbons (Fsp3) is 0.357. The van der Waals surface area contributed by atoms with Crippen LogP contribution in [0.5, 0.6) is 0 Å². The molecule has 1 amide bonds. The van der Waals surface area contributed by atoms with Crippen LogP contribution in [0.4, 0.5) is 0 Å². The summed E-state index contributed by atoms with van der Waals surface area (Å²) in [7, 11) is 0. The standard InChI is InChI=1S/C14H17BrN4O2/c15-13-7-3-1-5-11(13)9-19-10-12(16-18-19)6-2-4-8-14(20)17-21/h1,3,5,7,10,21H,2,4,6,8-9H2,(H,17,20). The molecule has 2 rings (SSSR count). The van der Waals surface area contributed by atoms with Crippen LogP contribution < -0.4 is 5.48 Å². The Hall–Kier alpha value is -1.73. The van der Waals surface area contributed by atoms with E-state index >= 15 is 0 Å². The van der Waals surface area contributed by atoms with Gasteiger partial charge in [-0.1, -0.05) is 39.3 Å². The zero-order valence-corrected chi connectivity index (χ0v) is 13.1. The van der Waals surface area contributed by atoms with Gasteiger partial charge >= 0.3 is 0 Å². The molecule has 7 heteroatoms. The van der Waals surface area contributed by atoms with E-state index in [4.69, 9.17) is 5.21 Å². The second-order valence-electron chi connectivity index (χ2n) is 4.74. The molecule has 0 aliphatic carbocycles. The summed E-state index contributed by atoms with van der Waals surface area (Å²) in [5, 5.41) is 16.6. The normalized spacial score (nSPS) is 10.6. The molecule has 1 heterocycles. The summed E-state index contributed by atoms with van der Waals surface area (Å²) < 4.78 is 2.85. The second-order valence-corrected chi connectivity index (χ2v) is 5.60. The average molecular weight is 353 g/mol. The highest BCUT2D eigenvalue weighted by Gasteiger charge is 2.05. The van der Waals surface area contributed by atoms with Gasteiger partial charge in [0.05, 0.1) is 12.2 Å². The van der Waals surface area contributed by atoms with Crippen LogP contribution in [-0.2, 0) is 17.8 Å². The van der Waals surface area contributed by atoms with Crippen molar-refractivity contribution in [3.63, 3.8) is 0 Å². The number of nitrogens with zero attached hydrogens (tertiary/aromatic N) is 3. The summed E-state index contributed by atoms with van der Waals surface area (Å²) in [6.45, 7) is 0.668. The number of aryl methyl sites for hydroxylation is 1.